The molecule has 0 bridgehead atoms. The third-order valence-electron chi connectivity index (χ3n) is 7.23. The van der Waals surface area contributed by atoms with E-state index in [9.17, 15) is 13.6 Å². The number of benzene rings is 1. The number of nitrogens with zero attached hydrogens (tertiary/aromatic N) is 4. The molecule has 0 radical (unpaired) electrons. The van der Waals surface area contributed by atoms with E-state index < -0.39 is 12.6 Å². The fourth-order valence-electron chi connectivity index (χ4n) is 4.75. The van der Waals surface area contributed by atoms with Crippen molar-refractivity contribution in [1.29, 1.82) is 0 Å². The van der Waals surface area contributed by atoms with E-state index in [1.54, 1.807) is 16.8 Å². The fourth-order valence-corrected chi connectivity index (χ4v) is 4.75. The predicted molar refractivity (Wildman–Crippen MR) is 135 cm³/mol. The van der Waals surface area contributed by atoms with E-state index in [1.165, 1.54) is 6.08 Å². The van der Waals surface area contributed by atoms with Crippen molar-refractivity contribution < 1.29 is 18.0 Å². The second kappa shape index (κ2) is 10.3. The average molecular weight is 485 g/mol. The predicted octanol–water partition coefficient (Wildman–Crippen LogP) is 6.12. The van der Waals surface area contributed by atoms with Crippen molar-refractivity contribution >= 4 is 28.8 Å². The second-order valence-electron chi connectivity index (χ2n) is 9.73. The highest BCUT2D eigenvalue weighted by molar-refractivity contribution is 5.99. The van der Waals surface area contributed by atoms with Gasteiger partial charge in [-0.05, 0) is 50.7 Å². The van der Waals surface area contributed by atoms with Gasteiger partial charge < -0.3 is 9.32 Å². The summed E-state index contributed by atoms with van der Waals surface area (Å²) in [5, 5.41) is 7.33. The monoisotopic (exact) mass is 484 g/mol. The zero-order valence-electron chi connectivity index (χ0n) is 21.0. The Morgan fingerprint density at radius 3 is 2.74 bits per heavy atom. The lowest BCUT2D eigenvalue weighted by molar-refractivity contribution is 0.0573. The van der Waals surface area contributed by atoms with Crippen molar-refractivity contribution in [3.8, 4) is 0 Å². The maximum Gasteiger partial charge on any atom is 0.289 e. The number of piperidine rings is 1. The van der Waals surface area contributed by atoms with E-state index in [1.807, 2.05) is 37.4 Å². The molecule has 8 heteroatoms. The molecule has 1 fully saturated rings. The Kier molecular flexibility index (Phi) is 7.38. The summed E-state index contributed by atoms with van der Waals surface area (Å²) in [6.07, 6.45) is 1.79. The molecule has 0 spiro atoms. The van der Waals surface area contributed by atoms with Crippen LogP contribution in [0.4, 0.5) is 8.78 Å². The molecule has 0 N–H and O–H groups in total. The minimum absolute atomic E-state index is 0.154. The Morgan fingerprint density at radius 1 is 1.31 bits per heavy atom. The smallest absolute Gasteiger partial charge is 0.289 e. The number of likely N-dealkylation sites (tertiary alicyclic amines) is 1. The number of aryl methyl sites for hydroxylation is 1. The number of carbonyl (C=O) groups excluding carboxylic acids is 1. The molecule has 35 heavy (non-hydrogen) atoms. The largest absolute Gasteiger partial charge is 0.451 e. The number of para-hydroxylation sites is 1. The Bertz CT molecular complexity index is 1170. The number of halogens is 2. The quantitative estimate of drug-likeness (QED) is 0.464. The number of rotatable bonds is 6. The van der Waals surface area contributed by atoms with Crippen molar-refractivity contribution in [3.63, 3.8) is 0 Å². The van der Waals surface area contributed by atoms with E-state index in [0.29, 0.717) is 30.1 Å². The molecule has 4 atom stereocenters. The van der Waals surface area contributed by atoms with Crippen LogP contribution in [-0.4, -0.2) is 53.4 Å². The minimum Gasteiger partial charge on any atom is -0.451 e. The number of allylic oxidation sites excluding steroid dienone is 1. The summed E-state index contributed by atoms with van der Waals surface area (Å²) in [5.41, 5.74) is 1.96. The Labute approximate surface area is 205 Å². The molecule has 1 aromatic heterocycles. The molecule has 2 aromatic rings. The van der Waals surface area contributed by atoms with Crippen LogP contribution in [0.1, 0.15) is 56.7 Å². The van der Waals surface area contributed by atoms with Gasteiger partial charge in [0.05, 0.1) is 0 Å². The van der Waals surface area contributed by atoms with Crippen LogP contribution in [0.25, 0.3) is 11.0 Å². The number of hydrogen-bond donors (Lipinski definition) is 0. The number of amides is 1. The molecule has 4 rings (SSSR count). The summed E-state index contributed by atoms with van der Waals surface area (Å²) in [6, 6.07) is 7.60. The number of hydrazone groups is 1. The van der Waals surface area contributed by atoms with Gasteiger partial charge in [-0.1, -0.05) is 39.0 Å². The van der Waals surface area contributed by atoms with Crippen LogP contribution in [0.3, 0.4) is 0 Å². The molecule has 3 heterocycles. The molecule has 2 aliphatic rings. The molecule has 2 aliphatic heterocycles. The number of hydrogen-bond acceptors (Lipinski definition) is 5. The SMILES string of the molecule is CCC(C)/C=N\N1C(C2CN(C(=O)c3oc4ccccc4c3C)CCC2C)=CC(C(F)F)=NC1C. The first kappa shape index (κ1) is 25.1. The third-order valence-corrected chi connectivity index (χ3v) is 7.23. The molecule has 1 amide bonds. The maximum absolute atomic E-state index is 13.7. The highest BCUT2D eigenvalue weighted by Gasteiger charge is 2.38. The van der Waals surface area contributed by atoms with Crippen molar-refractivity contribution in [2.75, 3.05) is 13.1 Å². The summed E-state index contributed by atoms with van der Waals surface area (Å²) >= 11 is 0. The van der Waals surface area contributed by atoms with Gasteiger partial charge in [-0.15, -0.1) is 0 Å². The third kappa shape index (κ3) is 5.02. The summed E-state index contributed by atoms with van der Waals surface area (Å²) < 4.78 is 33.3. The van der Waals surface area contributed by atoms with Gasteiger partial charge in [-0.3, -0.25) is 9.79 Å². The maximum atomic E-state index is 13.7. The number of aliphatic imine (C=N–C) groups is 1. The number of alkyl halides is 2. The average Bonchev–Trinajstić information content (AvgIpc) is 3.19. The van der Waals surface area contributed by atoms with Gasteiger partial charge in [-0.2, -0.15) is 5.10 Å². The molecule has 0 saturated carbocycles. The summed E-state index contributed by atoms with van der Waals surface area (Å²) in [4.78, 5) is 19.5. The lowest BCUT2D eigenvalue weighted by Crippen LogP contribution is -2.47. The van der Waals surface area contributed by atoms with Gasteiger partial charge in [0, 0.05) is 41.9 Å². The normalized spacial score (nSPS) is 24.3. The van der Waals surface area contributed by atoms with E-state index in [-0.39, 0.29) is 29.4 Å². The zero-order valence-corrected chi connectivity index (χ0v) is 21.0. The van der Waals surface area contributed by atoms with Gasteiger partial charge in [0.2, 0.25) is 0 Å². The van der Waals surface area contributed by atoms with Crippen molar-refractivity contribution in [2.45, 2.75) is 60.1 Å². The van der Waals surface area contributed by atoms with Crippen LogP contribution in [-0.2, 0) is 0 Å². The summed E-state index contributed by atoms with van der Waals surface area (Å²) in [7, 11) is 0. The molecule has 1 aromatic carbocycles. The number of furan rings is 1. The van der Waals surface area contributed by atoms with Crippen LogP contribution >= 0.6 is 0 Å². The lowest BCUT2D eigenvalue weighted by Gasteiger charge is -2.42. The van der Waals surface area contributed by atoms with Crippen LogP contribution < -0.4 is 0 Å². The molecule has 6 nitrogen and oxygen atoms in total. The van der Waals surface area contributed by atoms with E-state index >= 15 is 0 Å². The minimum atomic E-state index is -2.66. The van der Waals surface area contributed by atoms with E-state index in [0.717, 1.165) is 23.8 Å². The van der Waals surface area contributed by atoms with Crippen LogP contribution in [0.15, 0.2) is 50.5 Å². The Morgan fingerprint density at radius 2 is 2.06 bits per heavy atom. The highest BCUT2D eigenvalue weighted by atomic mass is 19.3. The summed E-state index contributed by atoms with van der Waals surface area (Å²) in [6.45, 7) is 10.9. The highest BCUT2D eigenvalue weighted by Crippen LogP contribution is 2.36. The second-order valence-corrected chi connectivity index (χ2v) is 9.73. The first-order chi connectivity index (χ1) is 16.7. The first-order valence-electron chi connectivity index (χ1n) is 12.4. The first-order valence-corrected chi connectivity index (χ1v) is 12.4. The molecule has 0 aliphatic carbocycles. The van der Waals surface area contributed by atoms with Crippen LogP contribution in [0.5, 0.6) is 0 Å². The van der Waals surface area contributed by atoms with E-state index in [4.69, 9.17) is 4.42 Å². The van der Waals surface area contributed by atoms with Gasteiger partial charge >= 0.3 is 0 Å². The van der Waals surface area contributed by atoms with Gasteiger partial charge in [0.15, 0.2) is 5.76 Å². The molecule has 188 valence electrons. The lowest BCUT2D eigenvalue weighted by atomic mass is 9.83. The fraction of sp³-hybridized carbons (Fsp3) is 0.519. The topological polar surface area (TPSA) is 61.4 Å². The number of fused-ring (bicyclic) bond motifs is 1. The summed E-state index contributed by atoms with van der Waals surface area (Å²) in [5.74, 6) is 0.456. The standard InChI is InChI=1S/C27H34F2N4O2/c1-6-16(2)14-30-33-19(5)31-22(26(28)29)13-23(33)21-15-32(12-11-17(21)3)27(34)25-18(4)20-9-7-8-10-24(20)35-25/h7-10,13-14,16-17,19,21,26H,6,11-12,15H2,1-5H3/b30-14-. The Balaban J connectivity index is 1.65. The number of carbonyl (C=O) groups is 1. The van der Waals surface area contributed by atoms with Crippen LogP contribution in [0, 0.1) is 24.7 Å². The molecule has 4 unspecified atom stereocenters. The van der Waals surface area contributed by atoms with Gasteiger partial charge in [-0.25, -0.2) is 13.8 Å². The van der Waals surface area contributed by atoms with Crippen molar-refractivity contribution in [2.24, 2.45) is 27.8 Å². The molecular weight excluding hydrogens is 450 g/mol. The molecular formula is C27H34F2N4O2. The van der Waals surface area contributed by atoms with Gasteiger partial charge in [0.25, 0.3) is 12.3 Å². The van der Waals surface area contributed by atoms with Crippen LogP contribution in [0.2, 0.25) is 0 Å². The Hall–Kier alpha value is -3.03. The molecule has 1 saturated heterocycles. The zero-order chi connectivity index (χ0) is 25.3. The van der Waals surface area contributed by atoms with Crippen molar-refractivity contribution in [1.82, 2.24) is 9.91 Å². The van der Waals surface area contributed by atoms with E-state index in [2.05, 4.69) is 30.9 Å². The van der Waals surface area contributed by atoms with Gasteiger partial charge in [0.1, 0.15) is 17.5 Å². The van der Waals surface area contributed by atoms with Crippen molar-refractivity contribution in [3.05, 3.63) is 47.4 Å².